The predicted octanol–water partition coefficient (Wildman–Crippen LogP) is 1.31. The number of carbonyl (C=O) groups excluding carboxylic acids is 1. The van der Waals surface area contributed by atoms with E-state index in [1.165, 1.54) is 0 Å². The van der Waals surface area contributed by atoms with Crippen molar-refractivity contribution in [1.29, 1.82) is 0 Å². The maximum absolute atomic E-state index is 11.4. The molecule has 0 fully saturated rings. The summed E-state index contributed by atoms with van der Waals surface area (Å²) in [4.78, 5) is 11.4. The van der Waals surface area contributed by atoms with Crippen LogP contribution in [0.5, 0.6) is 5.75 Å². The molecule has 1 rings (SSSR count). The van der Waals surface area contributed by atoms with Crippen molar-refractivity contribution in [1.82, 2.24) is 10.6 Å². The maximum Gasteiger partial charge on any atom is 0.314 e. The Hall–Kier alpha value is -1.75. The molecule has 0 aliphatic rings. The third-order valence-corrected chi connectivity index (χ3v) is 2.72. The van der Waals surface area contributed by atoms with Gasteiger partial charge in [-0.15, -0.1) is 0 Å². The minimum atomic E-state index is -0.395. The van der Waals surface area contributed by atoms with Crippen molar-refractivity contribution in [3.63, 3.8) is 0 Å². The second-order valence-electron chi connectivity index (χ2n) is 4.38. The van der Waals surface area contributed by atoms with Gasteiger partial charge in [-0.25, -0.2) is 4.79 Å². The lowest BCUT2D eigenvalue weighted by molar-refractivity contribution is 0.183. The van der Waals surface area contributed by atoms with E-state index in [9.17, 15) is 4.79 Å². The highest BCUT2D eigenvalue weighted by Gasteiger charge is 2.03. The van der Waals surface area contributed by atoms with E-state index in [1.807, 2.05) is 24.3 Å². The van der Waals surface area contributed by atoms with Crippen LogP contribution < -0.4 is 15.4 Å². The van der Waals surface area contributed by atoms with Gasteiger partial charge < -0.3 is 20.5 Å². The molecule has 0 aliphatic carbocycles. The highest BCUT2D eigenvalue weighted by atomic mass is 16.5. The molecular weight excluding hydrogens is 244 g/mol. The predicted molar refractivity (Wildman–Crippen MR) is 74.4 cm³/mol. The largest absolute Gasteiger partial charge is 0.496 e. The molecule has 1 aromatic rings. The van der Waals surface area contributed by atoms with E-state index in [2.05, 4.69) is 10.6 Å². The van der Waals surface area contributed by atoms with Crippen LogP contribution >= 0.6 is 0 Å². The lowest BCUT2D eigenvalue weighted by Gasteiger charge is -2.10. The number of benzene rings is 1. The summed E-state index contributed by atoms with van der Waals surface area (Å²) in [5, 5.41) is 14.5. The van der Waals surface area contributed by atoms with Gasteiger partial charge in [0.1, 0.15) is 5.75 Å². The van der Waals surface area contributed by atoms with Gasteiger partial charge >= 0.3 is 6.03 Å². The number of ether oxygens (including phenoxy) is 1. The smallest absolute Gasteiger partial charge is 0.314 e. The van der Waals surface area contributed by atoms with Gasteiger partial charge in [0.25, 0.3) is 0 Å². The van der Waals surface area contributed by atoms with Gasteiger partial charge in [-0.1, -0.05) is 18.2 Å². The fourth-order valence-corrected chi connectivity index (χ4v) is 1.68. The molecule has 0 saturated carbocycles. The maximum atomic E-state index is 11.4. The molecule has 0 aromatic heterocycles. The van der Waals surface area contributed by atoms with Gasteiger partial charge in [0.15, 0.2) is 0 Å². The Morgan fingerprint density at radius 2 is 2.00 bits per heavy atom. The molecule has 0 spiro atoms. The Balaban J connectivity index is 2.24. The fraction of sp³-hybridized carbons (Fsp3) is 0.500. The summed E-state index contributed by atoms with van der Waals surface area (Å²) in [5.41, 5.74) is 1.06. The summed E-state index contributed by atoms with van der Waals surface area (Å²) in [6.45, 7) is 2.71. The van der Waals surface area contributed by atoms with E-state index in [0.29, 0.717) is 25.9 Å². The fourth-order valence-electron chi connectivity index (χ4n) is 1.68. The average molecular weight is 266 g/mol. The standard InChI is InChI=1S/C14H22N2O3/c1-11(17)7-9-15-14(18)16-10-8-12-5-3-4-6-13(12)19-2/h3-6,11,17H,7-10H2,1-2H3,(H2,15,16,18). The first-order valence-corrected chi connectivity index (χ1v) is 6.45. The van der Waals surface area contributed by atoms with Crippen LogP contribution in [0.25, 0.3) is 0 Å². The molecule has 5 heteroatoms. The van der Waals surface area contributed by atoms with Gasteiger partial charge in [-0.3, -0.25) is 0 Å². The molecule has 19 heavy (non-hydrogen) atoms. The quantitative estimate of drug-likeness (QED) is 0.697. The van der Waals surface area contributed by atoms with Crippen molar-refractivity contribution >= 4 is 6.03 Å². The third kappa shape index (κ3) is 6.10. The highest BCUT2D eigenvalue weighted by Crippen LogP contribution is 2.17. The van der Waals surface area contributed by atoms with Crippen LogP contribution in [0.3, 0.4) is 0 Å². The van der Waals surface area contributed by atoms with Crippen LogP contribution in [0.15, 0.2) is 24.3 Å². The van der Waals surface area contributed by atoms with Gasteiger partial charge in [0.2, 0.25) is 0 Å². The number of para-hydroxylation sites is 1. The summed E-state index contributed by atoms with van der Waals surface area (Å²) >= 11 is 0. The molecular formula is C14H22N2O3. The molecule has 0 radical (unpaired) electrons. The monoisotopic (exact) mass is 266 g/mol. The Labute approximate surface area is 114 Å². The van der Waals surface area contributed by atoms with Crippen LogP contribution in [0.2, 0.25) is 0 Å². The Morgan fingerprint density at radius 3 is 2.68 bits per heavy atom. The molecule has 0 heterocycles. The van der Waals surface area contributed by atoms with Gasteiger partial charge in [-0.05, 0) is 31.4 Å². The summed E-state index contributed by atoms with van der Waals surface area (Å²) < 4.78 is 5.24. The third-order valence-electron chi connectivity index (χ3n) is 2.72. The first kappa shape index (κ1) is 15.3. The van der Waals surface area contributed by atoms with Crippen molar-refractivity contribution in [2.45, 2.75) is 25.9 Å². The molecule has 1 aromatic carbocycles. The zero-order valence-electron chi connectivity index (χ0n) is 11.5. The number of hydrogen-bond donors (Lipinski definition) is 3. The van der Waals surface area contributed by atoms with E-state index in [1.54, 1.807) is 14.0 Å². The highest BCUT2D eigenvalue weighted by molar-refractivity contribution is 5.73. The number of amides is 2. The topological polar surface area (TPSA) is 70.6 Å². The molecule has 0 saturated heterocycles. The minimum absolute atomic E-state index is 0.212. The lowest BCUT2D eigenvalue weighted by Crippen LogP contribution is -2.37. The molecule has 106 valence electrons. The molecule has 1 atom stereocenters. The molecule has 0 bridgehead atoms. The van der Waals surface area contributed by atoms with Crippen molar-refractivity contribution in [3.05, 3.63) is 29.8 Å². The van der Waals surface area contributed by atoms with Crippen LogP contribution in [0.4, 0.5) is 4.79 Å². The van der Waals surface area contributed by atoms with Gasteiger partial charge in [0, 0.05) is 13.1 Å². The zero-order chi connectivity index (χ0) is 14.1. The minimum Gasteiger partial charge on any atom is -0.496 e. The molecule has 0 aliphatic heterocycles. The van der Waals surface area contributed by atoms with Crippen LogP contribution in [-0.2, 0) is 6.42 Å². The molecule has 5 nitrogen and oxygen atoms in total. The van der Waals surface area contributed by atoms with E-state index in [-0.39, 0.29) is 6.03 Å². The lowest BCUT2D eigenvalue weighted by atomic mass is 10.1. The first-order valence-electron chi connectivity index (χ1n) is 6.45. The van der Waals surface area contributed by atoms with Crippen molar-refractivity contribution < 1.29 is 14.6 Å². The summed E-state index contributed by atoms with van der Waals surface area (Å²) in [5.74, 6) is 0.832. The average Bonchev–Trinajstić information content (AvgIpc) is 2.39. The Kier molecular flexibility index (Phi) is 6.74. The van der Waals surface area contributed by atoms with Crippen molar-refractivity contribution in [2.24, 2.45) is 0 Å². The number of nitrogens with one attached hydrogen (secondary N) is 2. The number of aliphatic hydroxyl groups excluding tert-OH is 1. The normalized spacial score (nSPS) is 11.7. The number of hydrogen-bond acceptors (Lipinski definition) is 3. The Morgan fingerprint density at radius 1 is 1.32 bits per heavy atom. The van der Waals surface area contributed by atoms with Crippen molar-refractivity contribution in [2.75, 3.05) is 20.2 Å². The molecule has 3 N–H and O–H groups in total. The molecule has 1 unspecified atom stereocenters. The van der Waals surface area contributed by atoms with Crippen LogP contribution in [-0.4, -0.2) is 37.4 Å². The summed E-state index contributed by atoms with van der Waals surface area (Å²) in [6.07, 6.45) is 0.877. The number of methoxy groups -OCH3 is 1. The van der Waals surface area contributed by atoms with Crippen molar-refractivity contribution in [3.8, 4) is 5.75 Å². The molecule has 2 amide bonds. The SMILES string of the molecule is COc1ccccc1CCNC(=O)NCCC(C)O. The van der Waals surface area contributed by atoms with Gasteiger partial charge in [-0.2, -0.15) is 0 Å². The van der Waals surface area contributed by atoms with Gasteiger partial charge in [0.05, 0.1) is 13.2 Å². The Bertz CT molecular complexity index is 394. The number of aliphatic hydroxyl groups is 1. The zero-order valence-corrected chi connectivity index (χ0v) is 11.5. The van der Waals surface area contributed by atoms with E-state index >= 15 is 0 Å². The second-order valence-corrected chi connectivity index (χ2v) is 4.38. The number of rotatable bonds is 7. The van der Waals surface area contributed by atoms with Crippen LogP contribution in [0.1, 0.15) is 18.9 Å². The second kappa shape index (κ2) is 8.37. The van der Waals surface area contributed by atoms with E-state index < -0.39 is 6.10 Å². The number of urea groups is 1. The van der Waals surface area contributed by atoms with E-state index in [0.717, 1.165) is 11.3 Å². The number of carbonyl (C=O) groups is 1. The summed E-state index contributed by atoms with van der Waals surface area (Å²) in [7, 11) is 1.63. The van der Waals surface area contributed by atoms with Crippen LogP contribution in [0, 0.1) is 0 Å². The van der Waals surface area contributed by atoms with E-state index in [4.69, 9.17) is 9.84 Å². The first-order chi connectivity index (χ1) is 9.13. The summed E-state index contributed by atoms with van der Waals surface area (Å²) in [6, 6.07) is 7.53.